The summed E-state index contributed by atoms with van der Waals surface area (Å²) in [5.74, 6) is 0. The molecule has 0 spiro atoms. The van der Waals surface area contributed by atoms with E-state index in [4.69, 9.17) is 0 Å². The molecule has 0 aliphatic rings. The lowest BCUT2D eigenvalue weighted by molar-refractivity contribution is 1.42. The molecule has 0 N–H and O–H groups in total. The van der Waals surface area contributed by atoms with Gasteiger partial charge in [-0.05, 0) is 30.8 Å². The normalized spacial score (nSPS) is 7.53. The maximum Gasteiger partial charge on any atom is 0.0697 e. The Morgan fingerprint density at radius 3 is 2.07 bits per heavy atom. The van der Waals surface area contributed by atoms with Crippen LogP contribution in [0.25, 0.3) is 6.08 Å². The van der Waals surface area contributed by atoms with Crippen LogP contribution in [0, 0.1) is 6.92 Å². The predicted octanol–water partition coefficient (Wildman–Crippen LogP) is 5.02. The van der Waals surface area contributed by atoms with Crippen molar-refractivity contribution < 1.29 is 0 Å². The Morgan fingerprint density at radius 1 is 1.13 bits per heavy atom. The SMILES string of the molecule is C=Cc1ccc(C)cc1N=C.CC.CC. The van der Waals surface area contributed by atoms with E-state index < -0.39 is 0 Å². The van der Waals surface area contributed by atoms with Gasteiger partial charge in [-0.25, -0.2) is 0 Å². The first-order valence-electron chi connectivity index (χ1n) is 5.47. The van der Waals surface area contributed by atoms with Gasteiger partial charge in [0.15, 0.2) is 0 Å². The molecule has 0 aliphatic heterocycles. The van der Waals surface area contributed by atoms with Gasteiger partial charge in [-0.15, -0.1) is 0 Å². The highest BCUT2D eigenvalue weighted by molar-refractivity contribution is 5.65. The van der Waals surface area contributed by atoms with Gasteiger partial charge in [-0.3, -0.25) is 4.99 Å². The third-order valence-corrected chi connectivity index (χ3v) is 1.58. The zero-order valence-electron chi connectivity index (χ0n) is 10.7. The second kappa shape index (κ2) is 10.7. The summed E-state index contributed by atoms with van der Waals surface area (Å²) in [5, 5.41) is 0. The van der Waals surface area contributed by atoms with E-state index in [1.807, 2.05) is 52.8 Å². The molecule has 0 amide bonds. The number of nitrogens with zero attached hydrogens (tertiary/aromatic N) is 1. The van der Waals surface area contributed by atoms with Crippen molar-refractivity contribution in [1.82, 2.24) is 0 Å². The molecule has 1 heteroatoms. The summed E-state index contributed by atoms with van der Waals surface area (Å²) in [6, 6.07) is 6.02. The molecule has 0 bridgehead atoms. The fourth-order valence-electron chi connectivity index (χ4n) is 0.963. The van der Waals surface area contributed by atoms with Crippen LogP contribution in [0.3, 0.4) is 0 Å². The topological polar surface area (TPSA) is 12.4 Å². The van der Waals surface area contributed by atoms with Crippen molar-refractivity contribution in [1.29, 1.82) is 0 Å². The van der Waals surface area contributed by atoms with Crippen molar-refractivity contribution in [2.75, 3.05) is 0 Å². The lowest BCUT2D eigenvalue weighted by Crippen LogP contribution is -1.75. The van der Waals surface area contributed by atoms with Crippen molar-refractivity contribution in [2.45, 2.75) is 34.6 Å². The fraction of sp³-hybridized carbons (Fsp3) is 0.357. The smallest absolute Gasteiger partial charge is 0.0697 e. The van der Waals surface area contributed by atoms with Gasteiger partial charge in [-0.1, -0.05) is 52.5 Å². The lowest BCUT2D eigenvalue weighted by atomic mass is 10.1. The predicted molar refractivity (Wildman–Crippen MR) is 73.2 cm³/mol. The Hall–Kier alpha value is -1.37. The van der Waals surface area contributed by atoms with Gasteiger partial charge in [0.1, 0.15) is 0 Å². The molecule has 0 atom stereocenters. The maximum absolute atomic E-state index is 3.88. The van der Waals surface area contributed by atoms with Crippen LogP contribution in [0.2, 0.25) is 0 Å². The van der Waals surface area contributed by atoms with Crippen molar-refractivity contribution in [2.24, 2.45) is 4.99 Å². The molecule has 0 saturated heterocycles. The van der Waals surface area contributed by atoms with Crippen LogP contribution in [0.15, 0.2) is 29.8 Å². The summed E-state index contributed by atoms with van der Waals surface area (Å²) in [7, 11) is 0. The molecule has 1 rings (SSSR count). The van der Waals surface area contributed by atoms with Crippen LogP contribution in [-0.2, 0) is 0 Å². The lowest BCUT2D eigenvalue weighted by Gasteiger charge is -1.99. The molecule has 0 aliphatic carbocycles. The van der Waals surface area contributed by atoms with E-state index >= 15 is 0 Å². The second-order valence-electron chi connectivity index (χ2n) is 2.42. The zero-order chi connectivity index (χ0) is 12.3. The number of aryl methyl sites for hydroxylation is 1. The Kier molecular flexibility index (Phi) is 11.5. The summed E-state index contributed by atoms with van der Waals surface area (Å²) in [4.78, 5) is 3.88. The Morgan fingerprint density at radius 2 is 1.67 bits per heavy atom. The zero-order valence-corrected chi connectivity index (χ0v) is 10.7. The second-order valence-corrected chi connectivity index (χ2v) is 2.42. The van der Waals surface area contributed by atoms with E-state index in [0.717, 1.165) is 11.3 Å². The molecular formula is C14H23N. The van der Waals surface area contributed by atoms with Crippen molar-refractivity contribution in [3.63, 3.8) is 0 Å². The van der Waals surface area contributed by atoms with E-state index in [1.54, 1.807) is 6.08 Å². The van der Waals surface area contributed by atoms with Gasteiger partial charge in [-0.2, -0.15) is 0 Å². The fourth-order valence-corrected chi connectivity index (χ4v) is 0.963. The van der Waals surface area contributed by atoms with E-state index in [-0.39, 0.29) is 0 Å². The highest BCUT2D eigenvalue weighted by atomic mass is 14.7. The molecular weight excluding hydrogens is 182 g/mol. The molecule has 15 heavy (non-hydrogen) atoms. The molecule has 0 unspecified atom stereocenters. The van der Waals surface area contributed by atoms with Gasteiger partial charge in [0, 0.05) is 0 Å². The number of benzene rings is 1. The molecule has 1 aromatic rings. The summed E-state index contributed by atoms with van der Waals surface area (Å²) >= 11 is 0. The Labute approximate surface area is 94.6 Å². The van der Waals surface area contributed by atoms with E-state index in [1.165, 1.54) is 5.56 Å². The molecule has 0 heterocycles. The molecule has 0 fully saturated rings. The van der Waals surface area contributed by atoms with Crippen molar-refractivity contribution >= 4 is 18.5 Å². The van der Waals surface area contributed by atoms with Crippen LogP contribution in [0.4, 0.5) is 5.69 Å². The third-order valence-electron chi connectivity index (χ3n) is 1.58. The van der Waals surface area contributed by atoms with Crippen LogP contribution < -0.4 is 0 Å². The van der Waals surface area contributed by atoms with Crippen LogP contribution in [-0.4, -0.2) is 6.72 Å². The van der Waals surface area contributed by atoms with Gasteiger partial charge in [0.25, 0.3) is 0 Å². The standard InChI is InChI=1S/C10H11N.2C2H6/c1-4-9-6-5-8(2)7-10(9)11-3;2*1-2/h4-7H,1,3H2,2H3;2*1-2H3. The first-order valence-corrected chi connectivity index (χ1v) is 5.47. The number of aliphatic imine (C=N–C) groups is 1. The Balaban J connectivity index is 0. The molecule has 0 aromatic heterocycles. The first kappa shape index (κ1) is 16.1. The van der Waals surface area contributed by atoms with Crippen molar-refractivity contribution in [3.8, 4) is 0 Å². The van der Waals surface area contributed by atoms with Crippen LogP contribution >= 0.6 is 0 Å². The minimum Gasteiger partial charge on any atom is -0.264 e. The molecule has 1 aromatic carbocycles. The van der Waals surface area contributed by atoms with Gasteiger partial charge in [0.05, 0.1) is 5.69 Å². The van der Waals surface area contributed by atoms with Crippen LogP contribution in [0.1, 0.15) is 38.8 Å². The average molecular weight is 205 g/mol. The van der Waals surface area contributed by atoms with Crippen LogP contribution in [0.5, 0.6) is 0 Å². The molecule has 0 saturated carbocycles. The first-order chi connectivity index (χ1) is 7.27. The highest BCUT2D eigenvalue weighted by Gasteiger charge is 1.94. The van der Waals surface area contributed by atoms with Gasteiger partial charge < -0.3 is 0 Å². The summed E-state index contributed by atoms with van der Waals surface area (Å²) < 4.78 is 0. The number of hydrogen-bond acceptors (Lipinski definition) is 1. The summed E-state index contributed by atoms with van der Waals surface area (Å²) in [5.41, 5.74) is 3.13. The molecule has 1 nitrogen and oxygen atoms in total. The maximum atomic E-state index is 3.88. The van der Waals surface area contributed by atoms with Gasteiger partial charge >= 0.3 is 0 Å². The molecule has 84 valence electrons. The average Bonchev–Trinajstić information content (AvgIpc) is 2.34. The largest absolute Gasteiger partial charge is 0.264 e. The highest BCUT2D eigenvalue weighted by Crippen LogP contribution is 2.20. The number of hydrogen-bond donors (Lipinski definition) is 0. The summed E-state index contributed by atoms with van der Waals surface area (Å²) in [6.07, 6.45) is 1.78. The quantitative estimate of drug-likeness (QED) is 0.601. The third kappa shape index (κ3) is 5.84. The minimum absolute atomic E-state index is 0.903. The Bertz CT molecular complexity index is 287. The molecule has 0 radical (unpaired) electrons. The summed E-state index contributed by atoms with van der Waals surface area (Å²) in [6.45, 7) is 17.2. The van der Waals surface area contributed by atoms with E-state index in [9.17, 15) is 0 Å². The number of rotatable bonds is 2. The monoisotopic (exact) mass is 205 g/mol. The van der Waals surface area contributed by atoms with Crippen molar-refractivity contribution in [3.05, 3.63) is 35.9 Å². The van der Waals surface area contributed by atoms with E-state index in [0.29, 0.717) is 0 Å². The van der Waals surface area contributed by atoms with E-state index in [2.05, 4.69) is 18.3 Å². The minimum atomic E-state index is 0.903. The van der Waals surface area contributed by atoms with Gasteiger partial charge in [0.2, 0.25) is 0 Å².